The lowest BCUT2D eigenvalue weighted by Gasteiger charge is -2.06. The summed E-state index contributed by atoms with van der Waals surface area (Å²) >= 11 is 0. The third kappa shape index (κ3) is 1.88. The van der Waals surface area contributed by atoms with Crippen LogP contribution in [-0.4, -0.2) is 25.6 Å². The average Bonchev–Trinajstić information content (AvgIpc) is 2.85. The standard InChI is InChI=1S/C12H16N4O/c1-8(2)11-9(3)14-16(10(11)4)12(17)15-7-5-6-13-15/h5-8H,1-4H3. The van der Waals surface area contributed by atoms with Crippen molar-refractivity contribution in [3.63, 3.8) is 0 Å². The van der Waals surface area contributed by atoms with Crippen molar-refractivity contribution in [1.29, 1.82) is 0 Å². The minimum absolute atomic E-state index is 0.248. The van der Waals surface area contributed by atoms with Gasteiger partial charge in [-0.3, -0.25) is 0 Å². The Balaban J connectivity index is 2.48. The lowest BCUT2D eigenvalue weighted by molar-refractivity contribution is 0.237. The molecule has 5 nitrogen and oxygen atoms in total. The summed E-state index contributed by atoms with van der Waals surface area (Å²) in [5.41, 5.74) is 2.92. The topological polar surface area (TPSA) is 52.7 Å². The molecule has 17 heavy (non-hydrogen) atoms. The SMILES string of the molecule is Cc1nn(C(=O)n2cccn2)c(C)c1C(C)C. The molecule has 0 spiro atoms. The first kappa shape index (κ1) is 11.6. The Labute approximate surface area is 100 Å². The van der Waals surface area contributed by atoms with Crippen molar-refractivity contribution in [2.75, 3.05) is 0 Å². The second kappa shape index (κ2) is 4.16. The van der Waals surface area contributed by atoms with Crippen molar-refractivity contribution in [3.05, 3.63) is 35.4 Å². The van der Waals surface area contributed by atoms with Crippen LogP contribution in [0.25, 0.3) is 0 Å². The fourth-order valence-electron chi connectivity index (χ4n) is 2.16. The average molecular weight is 232 g/mol. The van der Waals surface area contributed by atoms with E-state index in [2.05, 4.69) is 24.0 Å². The number of aromatic nitrogens is 4. The van der Waals surface area contributed by atoms with Crippen molar-refractivity contribution in [2.45, 2.75) is 33.6 Å². The maximum Gasteiger partial charge on any atom is 0.369 e. The Bertz CT molecular complexity index is 537. The Kier molecular flexibility index (Phi) is 2.83. The van der Waals surface area contributed by atoms with E-state index < -0.39 is 0 Å². The van der Waals surface area contributed by atoms with Gasteiger partial charge in [0.25, 0.3) is 0 Å². The van der Waals surface area contributed by atoms with Crippen LogP contribution in [0.5, 0.6) is 0 Å². The normalized spacial score (nSPS) is 11.1. The lowest BCUT2D eigenvalue weighted by Crippen LogP contribution is -2.22. The van der Waals surface area contributed by atoms with Gasteiger partial charge in [-0.1, -0.05) is 13.8 Å². The second-order valence-electron chi connectivity index (χ2n) is 4.38. The van der Waals surface area contributed by atoms with Gasteiger partial charge in [0.05, 0.1) is 5.69 Å². The molecule has 0 aromatic carbocycles. The van der Waals surface area contributed by atoms with Crippen molar-refractivity contribution in [1.82, 2.24) is 19.6 Å². The number of carbonyl (C=O) groups is 1. The van der Waals surface area contributed by atoms with Crippen LogP contribution in [0, 0.1) is 13.8 Å². The van der Waals surface area contributed by atoms with E-state index in [1.165, 1.54) is 9.36 Å². The molecule has 0 amide bonds. The van der Waals surface area contributed by atoms with Crippen LogP contribution in [-0.2, 0) is 0 Å². The molecule has 0 radical (unpaired) electrons. The summed E-state index contributed by atoms with van der Waals surface area (Å²) in [4.78, 5) is 12.1. The molecule has 0 atom stereocenters. The number of hydrogen-bond acceptors (Lipinski definition) is 3. The van der Waals surface area contributed by atoms with Gasteiger partial charge in [0.2, 0.25) is 0 Å². The monoisotopic (exact) mass is 232 g/mol. The zero-order valence-electron chi connectivity index (χ0n) is 10.5. The van der Waals surface area contributed by atoms with Crippen LogP contribution >= 0.6 is 0 Å². The zero-order chi connectivity index (χ0) is 12.6. The van der Waals surface area contributed by atoms with E-state index in [-0.39, 0.29) is 6.03 Å². The zero-order valence-corrected chi connectivity index (χ0v) is 10.5. The Morgan fingerprint density at radius 3 is 2.53 bits per heavy atom. The summed E-state index contributed by atoms with van der Waals surface area (Å²) in [5, 5.41) is 8.22. The molecule has 0 fully saturated rings. The number of nitrogens with zero attached hydrogens (tertiary/aromatic N) is 4. The van der Waals surface area contributed by atoms with Gasteiger partial charge in [-0.25, -0.2) is 4.79 Å². The van der Waals surface area contributed by atoms with Gasteiger partial charge in [0.15, 0.2) is 0 Å². The third-order valence-electron chi connectivity index (χ3n) is 2.81. The first-order valence-electron chi connectivity index (χ1n) is 5.62. The Morgan fingerprint density at radius 1 is 1.35 bits per heavy atom. The van der Waals surface area contributed by atoms with Crippen LogP contribution in [0.3, 0.4) is 0 Å². The van der Waals surface area contributed by atoms with E-state index in [1.807, 2.05) is 13.8 Å². The summed E-state index contributed by atoms with van der Waals surface area (Å²) < 4.78 is 2.70. The molecule has 0 bridgehead atoms. The highest BCUT2D eigenvalue weighted by atomic mass is 16.2. The highest BCUT2D eigenvalue weighted by molar-refractivity contribution is 5.78. The molecule has 0 saturated heterocycles. The lowest BCUT2D eigenvalue weighted by atomic mass is 10.0. The molecule has 2 rings (SSSR count). The molecule has 0 aliphatic carbocycles. The summed E-state index contributed by atoms with van der Waals surface area (Å²) in [6, 6.07) is 1.47. The van der Waals surface area contributed by atoms with E-state index in [1.54, 1.807) is 18.5 Å². The molecule has 0 aliphatic heterocycles. The first-order chi connectivity index (χ1) is 8.02. The summed E-state index contributed by atoms with van der Waals surface area (Å²) in [5.74, 6) is 0.356. The Morgan fingerprint density at radius 2 is 2.06 bits per heavy atom. The first-order valence-corrected chi connectivity index (χ1v) is 5.62. The van der Waals surface area contributed by atoms with E-state index in [0.717, 1.165) is 17.0 Å². The molecule has 5 heteroatoms. The van der Waals surface area contributed by atoms with Crippen LogP contribution < -0.4 is 0 Å². The van der Waals surface area contributed by atoms with Gasteiger partial charge in [0.1, 0.15) is 0 Å². The number of hydrogen-bond donors (Lipinski definition) is 0. The largest absolute Gasteiger partial charge is 0.369 e. The van der Waals surface area contributed by atoms with Crippen molar-refractivity contribution >= 4 is 6.03 Å². The molecule has 90 valence electrons. The van der Waals surface area contributed by atoms with E-state index >= 15 is 0 Å². The van der Waals surface area contributed by atoms with Gasteiger partial charge < -0.3 is 0 Å². The molecule has 0 aliphatic rings. The van der Waals surface area contributed by atoms with Crippen LogP contribution in [0.1, 0.15) is 36.7 Å². The predicted octanol–water partition coefficient (Wildman–Crippen LogP) is 2.34. The van der Waals surface area contributed by atoms with Gasteiger partial charge in [-0.15, -0.1) is 0 Å². The third-order valence-corrected chi connectivity index (χ3v) is 2.81. The second-order valence-corrected chi connectivity index (χ2v) is 4.38. The molecule has 0 unspecified atom stereocenters. The van der Waals surface area contributed by atoms with Gasteiger partial charge in [-0.05, 0) is 31.4 Å². The fraction of sp³-hybridized carbons (Fsp3) is 0.417. The predicted molar refractivity (Wildman–Crippen MR) is 64.2 cm³/mol. The quantitative estimate of drug-likeness (QED) is 0.758. The van der Waals surface area contributed by atoms with Crippen molar-refractivity contribution in [3.8, 4) is 0 Å². The number of aryl methyl sites for hydroxylation is 1. The smallest absolute Gasteiger partial charge is 0.244 e. The molecule has 0 N–H and O–H groups in total. The highest BCUT2D eigenvalue weighted by Gasteiger charge is 2.19. The van der Waals surface area contributed by atoms with Crippen LogP contribution in [0.4, 0.5) is 4.79 Å². The van der Waals surface area contributed by atoms with Gasteiger partial charge >= 0.3 is 6.03 Å². The van der Waals surface area contributed by atoms with Gasteiger partial charge in [0, 0.05) is 18.1 Å². The van der Waals surface area contributed by atoms with Crippen molar-refractivity contribution < 1.29 is 4.79 Å². The maximum atomic E-state index is 12.1. The summed E-state index contributed by atoms with van der Waals surface area (Å²) in [6.07, 6.45) is 3.20. The van der Waals surface area contributed by atoms with Crippen molar-refractivity contribution in [2.24, 2.45) is 0 Å². The molecule has 2 aromatic rings. The molecule has 2 aromatic heterocycles. The molecular formula is C12H16N4O. The van der Waals surface area contributed by atoms with Crippen LogP contribution in [0.15, 0.2) is 18.5 Å². The number of carbonyl (C=O) groups excluding carboxylic acids is 1. The van der Waals surface area contributed by atoms with E-state index in [4.69, 9.17) is 0 Å². The minimum Gasteiger partial charge on any atom is -0.244 e. The summed E-state index contributed by atoms with van der Waals surface area (Å²) in [7, 11) is 0. The highest BCUT2D eigenvalue weighted by Crippen LogP contribution is 2.22. The molecule has 0 saturated carbocycles. The maximum absolute atomic E-state index is 12.1. The van der Waals surface area contributed by atoms with E-state index in [0.29, 0.717) is 5.92 Å². The van der Waals surface area contributed by atoms with Crippen LogP contribution in [0.2, 0.25) is 0 Å². The fourth-order valence-corrected chi connectivity index (χ4v) is 2.16. The summed E-state index contributed by atoms with van der Waals surface area (Å²) in [6.45, 7) is 8.03. The van der Waals surface area contributed by atoms with E-state index in [9.17, 15) is 4.79 Å². The minimum atomic E-state index is -0.248. The molecule has 2 heterocycles. The Hall–Kier alpha value is -1.91. The van der Waals surface area contributed by atoms with Gasteiger partial charge in [-0.2, -0.15) is 19.6 Å². The number of rotatable bonds is 1. The molecular weight excluding hydrogens is 216 g/mol.